The predicted molar refractivity (Wildman–Crippen MR) is 64.4 cm³/mol. The van der Waals surface area contributed by atoms with Crippen LogP contribution in [0.15, 0.2) is 0 Å². The fraction of sp³-hybridized carbons (Fsp3) is 0.917. The molecular weight excluding hydrogens is 167 g/mol. The Bertz CT molecular complexity index is 61.5. The fourth-order valence-corrected chi connectivity index (χ4v) is 1.49. The van der Waals surface area contributed by atoms with Crippen molar-refractivity contribution in [1.82, 2.24) is 0 Å². The van der Waals surface area contributed by atoms with Crippen molar-refractivity contribution < 1.29 is 0 Å². The Morgan fingerprint density at radius 3 is 1.46 bits per heavy atom. The van der Waals surface area contributed by atoms with Crippen LogP contribution in [0.3, 0.4) is 0 Å². The Labute approximate surface area is 107 Å². The van der Waals surface area contributed by atoms with Crippen molar-refractivity contribution in [3.8, 4) is 0 Å². The molecular formula is C12H26Na. The van der Waals surface area contributed by atoms with Gasteiger partial charge in [0.15, 0.2) is 0 Å². The Kier molecular flexibility index (Phi) is 19.6. The van der Waals surface area contributed by atoms with Gasteiger partial charge in [0.25, 0.3) is 0 Å². The van der Waals surface area contributed by atoms with E-state index in [1.807, 2.05) is 0 Å². The van der Waals surface area contributed by atoms with Crippen LogP contribution in [0.5, 0.6) is 0 Å². The summed E-state index contributed by atoms with van der Waals surface area (Å²) in [5.41, 5.74) is 0. The molecule has 0 amide bonds. The van der Waals surface area contributed by atoms with Crippen LogP contribution in [-0.2, 0) is 0 Å². The van der Waals surface area contributed by atoms with Crippen LogP contribution in [0, 0.1) is 6.92 Å². The van der Waals surface area contributed by atoms with Gasteiger partial charge < -0.3 is 0 Å². The van der Waals surface area contributed by atoms with Gasteiger partial charge in [0, 0.05) is 0 Å². The standard InChI is InChI=1S/C12H25.Na.H/c1-3-5-7-9-11-12-10-8-6-4-2;;/h1,3-12H2,2H3;;. The summed E-state index contributed by atoms with van der Waals surface area (Å²) in [6, 6.07) is 0. The van der Waals surface area contributed by atoms with Crippen molar-refractivity contribution in [3.05, 3.63) is 6.92 Å². The average Bonchev–Trinajstić information content (AvgIpc) is 2.10. The maximum atomic E-state index is 3.84. The molecule has 0 saturated heterocycles. The Morgan fingerprint density at radius 2 is 1.08 bits per heavy atom. The average molecular weight is 193 g/mol. The first-order valence-corrected chi connectivity index (χ1v) is 5.71. The Balaban J connectivity index is 0. The van der Waals surface area contributed by atoms with E-state index in [4.69, 9.17) is 0 Å². The van der Waals surface area contributed by atoms with Crippen LogP contribution in [0.4, 0.5) is 0 Å². The summed E-state index contributed by atoms with van der Waals surface area (Å²) in [6.45, 7) is 6.12. The first-order valence-electron chi connectivity index (χ1n) is 5.71. The molecule has 1 radical (unpaired) electrons. The van der Waals surface area contributed by atoms with Crippen molar-refractivity contribution in [2.24, 2.45) is 0 Å². The third kappa shape index (κ3) is 15.7. The zero-order valence-electron chi connectivity index (χ0n) is 8.78. The number of unbranched alkanes of at least 4 members (excludes halogenated alkanes) is 9. The summed E-state index contributed by atoms with van der Waals surface area (Å²) < 4.78 is 0. The van der Waals surface area contributed by atoms with Gasteiger partial charge in [-0.3, -0.25) is 0 Å². The second-order valence-electron chi connectivity index (χ2n) is 3.68. The number of hydrogen-bond donors (Lipinski definition) is 0. The fourth-order valence-electron chi connectivity index (χ4n) is 1.49. The molecule has 0 saturated carbocycles. The molecule has 0 unspecified atom stereocenters. The zero-order valence-corrected chi connectivity index (χ0v) is 8.78. The van der Waals surface area contributed by atoms with E-state index >= 15 is 0 Å². The molecule has 0 fully saturated rings. The number of hydrogen-bond acceptors (Lipinski definition) is 0. The minimum absolute atomic E-state index is 0. The SMILES string of the molecule is [CH2]CCCCCCCCCCC.[NaH]. The van der Waals surface area contributed by atoms with Gasteiger partial charge in [0.1, 0.15) is 0 Å². The molecule has 0 N–H and O–H groups in total. The molecule has 1 heteroatoms. The Morgan fingerprint density at radius 1 is 0.692 bits per heavy atom. The first-order chi connectivity index (χ1) is 5.91. The molecule has 0 nitrogen and oxygen atoms in total. The molecule has 0 aliphatic rings. The molecule has 0 bridgehead atoms. The molecule has 0 aromatic carbocycles. The monoisotopic (exact) mass is 193 g/mol. The molecule has 0 heterocycles. The summed E-state index contributed by atoms with van der Waals surface area (Å²) in [5.74, 6) is 0. The molecule has 0 aliphatic carbocycles. The first kappa shape index (κ1) is 16.4. The summed E-state index contributed by atoms with van der Waals surface area (Å²) in [7, 11) is 0. The van der Waals surface area contributed by atoms with Crippen molar-refractivity contribution in [3.63, 3.8) is 0 Å². The Hall–Kier alpha value is 1.00. The van der Waals surface area contributed by atoms with Crippen molar-refractivity contribution >= 4 is 29.6 Å². The topological polar surface area (TPSA) is 0 Å². The predicted octanol–water partition coefficient (Wildman–Crippen LogP) is 4.09. The third-order valence-corrected chi connectivity index (χ3v) is 2.35. The van der Waals surface area contributed by atoms with Gasteiger partial charge in [0.05, 0.1) is 0 Å². The molecule has 0 rings (SSSR count). The van der Waals surface area contributed by atoms with E-state index in [0.29, 0.717) is 0 Å². The molecule has 0 aromatic rings. The van der Waals surface area contributed by atoms with Gasteiger partial charge in [-0.15, -0.1) is 0 Å². The van der Waals surface area contributed by atoms with Crippen LogP contribution in [0.25, 0.3) is 0 Å². The zero-order chi connectivity index (χ0) is 9.07. The molecule has 0 aliphatic heterocycles. The van der Waals surface area contributed by atoms with Crippen LogP contribution < -0.4 is 0 Å². The summed E-state index contributed by atoms with van der Waals surface area (Å²) in [5, 5.41) is 0. The van der Waals surface area contributed by atoms with Gasteiger partial charge in [-0.05, 0) is 0 Å². The van der Waals surface area contributed by atoms with E-state index in [1.165, 1.54) is 57.8 Å². The van der Waals surface area contributed by atoms with E-state index in [-0.39, 0.29) is 29.6 Å². The quantitative estimate of drug-likeness (QED) is 0.382. The van der Waals surface area contributed by atoms with Gasteiger partial charge in [-0.25, -0.2) is 0 Å². The third-order valence-electron chi connectivity index (χ3n) is 2.35. The second-order valence-corrected chi connectivity index (χ2v) is 3.68. The van der Waals surface area contributed by atoms with Gasteiger partial charge in [-0.2, -0.15) is 0 Å². The van der Waals surface area contributed by atoms with Gasteiger partial charge in [0.2, 0.25) is 0 Å². The van der Waals surface area contributed by atoms with E-state index in [0.717, 1.165) is 6.42 Å². The molecule has 0 aromatic heterocycles. The van der Waals surface area contributed by atoms with Crippen LogP contribution >= 0.6 is 0 Å². The summed E-state index contributed by atoms with van der Waals surface area (Å²) >= 11 is 0. The van der Waals surface area contributed by atoms with E-state index in [1.54, 1.807) is 0 Å². The summed E-state index contributed by atoms with van der Waals surface area (Å²) in [6.07, 6.45) is 13.9. The van der Waals surface area contributed by atoms with Crippen LogP contribution in [-0.4, -0.2) is 29.6 Å². The van der Waals surface area contributed by atoms with Crippen LogP contribution in [0.1, 0.15) is 71.1 Å². The second kappa shape index (κ2) is 15.5. The molecule has 0 spiro atoms. The molecule has 75 valence electrons. The maximum absolute atomic E-state index is 3.84. The number of rotatable bonds is 9. The van der Waals surface area contributed by atoms with Crippen molar-refractivity contribution in [2.75, 3.05) is 0 Å². The minimum atomic E-state index is 0. The molecule has 0 atom stereocenters. The molecule has 13 heavy (non-hydrogen) atoms. The van der Waals surface area contributed by atoms with E-state index in [2.05, 4.69) is 13.8 Å². The van der Waals surface area contributed by atoms with Crippen molar-refractivity contribution in [2.45, 2.75) is 71.1 Å². The van der Waals surface area contributed by atoms with E-state index < -0.39 is 0 Å². The van der Waals surface area contributed by atoms with Crippen molar-refractivity contribution in [1.29, 1.82) is 0 Å². The van der Waals surface area contributed by atoms with Crippen LogP contribution in [0.2, 0.25) is 0 Å². The normalized spacial score (nSPS) is 9.69. The van der Waals surface area contributed by atoms with E-state index in [9.17, 15) is 0 Å². The summed E-state index contributed by atoms with van der Waals surface area (Å²) in [4.78, 5) is 0. The van der Waals surface area contributed by atoms with Gasteiger partial charge in [-0.1, -0.05) is 78.1 Å². The van der Waals surface area contributed by atoms with Gasteiger partial charge >= 0.3 is 29.6 Å².